The lowest BCUT2D eigenvalue weighted by Crippen LogP contribution is -2.17. The molecule has 0 bridgehead atoms. The molecule has 2 N–H and O–H groups in total. The molecule has 2 aromatic rings. The molecule has 0 radical (unpaired) electrons. The average molecular weight is 346 g/mol. The summed E-state index contributed by atoms with van der Waals surface area (Å²) in [6.07, 6.45) is -3.85. The second kappa shape index (κ2) is 6.68. The van der Waals surface area contributed by atoms with Crippen LogP contribution in [-0.2, 0) is 6.42 Å². The molecule has 7 heteroatoms. The van der Waals surface area contributed by atoms with Gasteiger partial charge in [-0.15, -0.1) is 25.6 Å². The fourth-order valence-corrected chi connectivity index (χ4v) is 2.47. The topological polar surface area (TPSA) is 44.5 Å². The summed E-state index contributed by atoms with van der Waals surface area (Å²) in [6, 6.07) is 10.9. The first-order chi connectivity index (χ1) is 10.4. The molecule has 1 atom stereocenters. The van der Waals surface area contributed by atoms with Gasteiger partial charge in [0.2, 0.25) is 0 Å². The van der Waals surface area contributed by atoms with Crippen LogP contribution in [0.1, 0.15) is 22.7 Å². The van der Waals surface area contributed by atoms with Gasteiger partial charge in [0.25, 0.3) is 0 Å². The van der Waals surface area contributed by atoms with Crippen LogP contribution in [0.25, 0.3) is 0 Å². The maximum atomic E-state index is 12.1. The van der Waals surface area contributed by atoms with Crippen LogP contribution in [0, 0.1) is 0 Å². The number of rotatable bonds is 3. The predicted octanol–water partition coefficient (Wildman–Crippen LogP) is 3.99. The second-order valence-electron chi connectivity index (χ2n) is 5.06. The Bertz CT molecular complexity index is 674. The van der Waals surface area contributed by atoms with Crippen LogP contribution in [0.5, 0.6) is 11.5 Å². The largest absolute Gasteiger partial charge is 0.573 e. The second-order valence-corrected chi connectivity index (χ2v) is 5.06. The fourth-order valence-electron chi connectivity index (χ4n) is 2.47. The van der Waals surface area contributed by atoms with E-state index in [1.807, 2.05) is 18.2 Å². The van der Waals surface area contributed by atoms with Gasteiger partial charge < -0.3 is 15.2 Å². The van der Waals surface area contributed by atoms with Gasteiger partial charge in [-0.1, -0.05) is 24.3 Å². The standard InChI is InChI=1S/C16H14F3NO2.ClH/c17-16(18,19)22-13-4-1-10(2-5-13)15(20)12-3-6-14-11(9-12)7-8-21-14;/h1-6,9,15H,7-8,20H2;1H/t15-;/m1./s1. The monoisotopic (exact) mass is 345 g/mol. The third-order valence-electron chi connectivity index (χ3n) is 3.55. The van der Waals surface area contributed by atoms with Gasteiger partial charge in [0.1, 0.15) is 11.5 Å². The summed E-state index contributed by atoms with van der Waals surface area (Å²) in [5.41, 5.74) is 8.90. The van der Waals surface area contributed by atoms with Gasteiger partial charge in [-0.25, -0.2) is 0 Å². The minimum atomic E-state index is -4.69. The Hall–Kier alpha value is -1.92. The van der Waals surface area contributed by atoms with E-state index >= 15 is 0 Å². The van der Waals surface area contributed by atoms with Gasteiger partial charge in [-0.2, -0.15) is 0 Å². The van der Waals surface area contributed by atoms with Gasteiger partial charge in [0.15, 0.2) is 0 Å². The molecule has 0 spiro atoms. The molecule has 3 rings (SSSR count). The van der Waals surface area contributed by atoms with Crippen LogP contribution in [0.3, 0.4) is 0 Å². The highest BCUT2D eigenvalue weighted by atomic mass is 35.5. The van der Waals surface area contributed by atoms with E-state index in [9.17, 15) is 13.2 Å². The van der Waals surface area contributed by atoms with Crippen LogP contribution in [0.4, 0.5) is 13.2 Å². The average Bonchev–Trinajstić information content (AvgIpc) is 2.93. The van der Waals surface area contributed by atoms with Crippen LogP contribution < -0.4 is 15.2 Å². The molecule has 1 aliphatic heterocycles. The summed E-state index contributed by atoms with van der Waals surface area (Å²) < 4.78 is 45.7. The number of benzene rings is 2. The first kappa shape index (κ1) is 17.4. The number of fused-ring (bicyclic) bond motifs is 1. The van der Waals surface area contributed by atoms with E-state index in [0.717, 1.165) is 23.3 Å². The molecule has 1 aliphatic rings. The van der Waals surface area contributed by atoms with Gasteiger partial charge >= 0.3 is 6.36 Å². The molecule has 0 amide bonds. The maximum Gasteiger partial charge on any atom is 0.573 e. The fraction of sp³-hybridized carbons (Fsp3) is 0.250. The Balaban J connectivity index is 0.00000192. The molecule has 124 valence electrons. The molecular formula is C16H15ClF3NO2. The summed E-state index contributed by atoms with van der Waals surface area (Å²) in [7, 11) is 0. The van der Waals surface area contributed by atoms with Crippen LogP contribution in [-0.4, -0.2) is 13.0 Å². The summed E-state index contributed by atoms with van der Waals surface area (Å²) in [6.45, 7) is 0.664. The smallest absolute Gasteiger partial charge is 0.493 e. The SMILES string of the molecule is Cl.N[C@H](c1ccc(OC(F)(F)F)cc1)c1ccc2c(c1)CCO2. The number of hydrogen-bond acceptors (Lipinski definition) is 3. The highest BCUT2D eigenvalue weighted by molar-refractivity contribution is 5.85. The van der Waals surface area contributed by atoms with Crippen molar-refractivity contribution in [2.45, 2.75) is 18.8 Å². The number of hydrogen-bond donors (Lipinski definition) is 1. The van der Waals surface area contributed by atoms with E-state index < -0.39 is 12.4 Å². The number of nitrogens with two attached hydrogens (primary N) is 1. The summed E-state index contributed by atoms with van der Waals surface area (Å²) in [5, 5.41) is 0. The molecule has 0 aromatic heterocycles. The summed E-state index contributed by atoms with van der Waals surface area (Å²) in [5.74, 6) is 0.607. The lowest BCUT2D eigenvalue weighted by atomic mass is 9.97. The quantitative estimate of drug-likeness (QED) is 0.914. The lowest BCUT2D eigenvalue weighted by molar-refractivity contribution is -0.274. The molecule has 3 nitrogen and oxygen atoms in total. The Morgan fingerprint density at radius 3 is 2.35 bits per heavy atom. The van der Waals surface area contributed by atoms with Crippen molar-refractivity contribution in [3.8, 4) is 11.5 Å². The Morgan fingerprint density at radius 2 is 1.70 bits per heavy atom. The molecule has 0 fully saturated rings. The van der Waals surface area contributed by atoms with Crippen LogP contribution >= 0.6 is 12.4 Å². The number of halogens is 4. The Kier molecular flexibility index (Phi) is 5.06. The molecule has 23 heavy (non-hydrogen) atoms. The molecular weight excluding hydrogens is 331 g/mol. The summed E-state index contributed by atoms with van der Waals surface area (Å²) >= 11 is 0. The first-order valence-electron chi connectivity index (χ1n) is 6.79. The molecule has 0 saturated carbocycles. The van der Waals surface area contributed by atoms with Gasteiger partial charge in [-0.05, 0) is 34.9 Å². The summed E-state index contributed by atoms with van der Waals surface area (Å²) in [4.78, 5) is 0. The number of ether oxygens (including phenoxy) is 2. The minimum absolute atomic E-state index is 0. The van der Waals surface area contributed by atoms with Gasteiger partial charge in [0.05, 0.1) is 12.6 Å². The number of alkyl halides is 3. The Morgan fingerprint density at radius 1 is 1.04 bits per heavy atom. The van der Waals surface area contributed by atoms with E-state index in [1.54, 1.807) is 0 Å². The molecule has 0 aliphatic carbocycles. The maximum absolute atomic E-state index is 12.1. The normalized spacial score (nSPS) is 14.4. The van der Waals surface area contributed by atoms with E-state index in [2.05, 4.69) is 4.74 Å². The molecule has 0 unspecified atom stereocenters. The van der Waals surface area contributed by atoms with Crippen molar-refractivity contribution in [3.05, 3.63) is 59.2 Å². The van der Waals surface area contributed by atoms with Crippen LogP contribution in [0.15, 0.2) is 42.5 Å². The first-order valence-corrected chi connectivity index (χ1v) is 6.79. The third-order valence-corrected chi connectivity index (χ3v) is 3.55. The zero-order chi connectivity index (χ0) is 15.7. The zero-order valence-electron chi connectivity index (χ0n) is 12.0. The highest BCUT2D eigenvalue weighted by Gasteiger charge is 2.31. The molecule has 2 aromatic carbocycles. The Labute approximate surface area is 137 Å². The molecule has 0 saturated heterocycles. The predicted molar refractivity (Wildman–Crippen MR) is 82.0 cm³/mol. The van der Waals surface area contributed by atoms with Gasteiger partial charge in [0, 0.05) is 6.42 Å². The van der Waals surface area contributed by atoms with E-state index in [0.29, 0.717) is 12.2 Å². The van der Waals surface area contributed by atoms with E-state index in [1.165, 1.54) is 24.3 Å². The van der Waals surface area contributed by atoms with Crippen LogP contribution in [0.2, 0.25) is 0 Å². The lowest BCUT2D eigenvalue weighted by Gasteiger charge is -2.15. The highest BCUT2D eigenvalue weighted by Crippen LogP contribution is 2.30. The van der Waals surface area contributed by atoms with Crippen molar-refractivity contribution in [2.75, 3.05) is 6.61 Å². The van der Waals surface area contributed by atoms with Crippen molar-refractivity contribution < 1.29 is 22.6 Å². The van der Waals surface area contributed by atoms with E-state index in [-0.39, 0.29) is 18.2 Å². The minimum Gasteiger partial charge on any atom is -0.493 e. The van der Waals surface area contributed by atoms with Crippen molar-refractivity contribution >= 4 is 12.4 Å². The third kappa shape index (κ3) is 4.09. The van der Waals surface area contributed by atoms with Crippen molar-refractivity contribution in [2.24, 2.45) is 5.73 Å². The molecule has 1 heterocycles. The van der Waals surface area contributed by atoms with Crippen molar-refractivity contribution in [1.29, 1.82) is 0 Å². The zero-order valence-corrected chi connectivity index (χ0v) is 12.8. The van der Waals surface area contributed by atoms with Crippen molar-refractivity contribution in [3.63, 3.8) is 0 Å². The van der Waals surface area contributed by atoms with E-state index in [4.69, 9.17) is 10.5 Å². The van der Waals surface area contributed by atoms with Crippen molar-refractivity contribution in [1.82, 2.24) is 0 Å². The van der Waals surface area contributed by atoms with Gasteiger partial charge in [-0.3, -0.25) is 0 Å².